The summed E-state index contributed by atoms with van der Waals surface area (Å²) < 4.78 is 2.41. The van der Waals surface area contributed by atoms with E-state index in [1.807, 2.05) is 24.3 Å². The number of nitrogens with zero attached hydrogens (tertiary/aromatic N) is 1. The van der Waals surface area contributed by atoms with E-state index in [1.165, 1.54) is 54.3 Å². The highest BCUT2D eigenvalue weighted by Gasteiger charge is 2.33. The minimum atomic E-state index is 0.407. The molecule has 0 bridgehead atoms. The highest BCUT2D eigenvalue weighted by Crippen LogP contribution is 2.56. The number of para-hydroxylation sites is 1. The average Bonchev–Trinajstić information content (AvgIpc) is 3.74. The summed E-state index contributed by atoms with van der Waals surface area (Å²) in [5.41, 5.74) is 11.5. The number of aryl methyl sites for hydroxylation is 1. The Labute approximate surface area is 323 Å². The van der Waals surface area contributed by atoms with E-state index in [0.29, 0.717) is 11.4 Å². The number of fused-ring (bicyclic) bond motifs is 8. The maximum absolute atomic E-state index is 9.70. The number of rotatable bonds is 7. The first-order valence-corrected chi connectivity index (χ1v) is 19.0. The van der Waals surface area contributed by atoms with Crippen molar-refractivity contribution < 1.29 is 0 Å². The first-order valence-electron chi connectivity index (χ1n) is 19.0. The van der Waals surface area contributed by atoms with Gasteiger partial charge in [-0.2, -0.15) is 0 Å². The van der Waals surface area contributed by atoms with Crippen LogP contribution in [0.15, 0.2) is 171 Å². The standard InChI is InChI=1S/C53H35N3/c1-4-6-17-42(54)50-39-27-32-14-8-9-15-33(32)28-40(39)51(43(55)18-7-5-2)53-41-29-35-26-36(56-44-19-11-10-16-37(44)46-30(3)13-12-20-45(46)56)25-34-22-21-31-23-24-38(52(50)53)49(41)48(31)47(34)35/h4-29,54-55H,1-2H2,3H3/b17-6-,18-7-,54-42?,55-43?. The number of aromatic nitrogens is 1. The second-order valence-corrected chi connectivity index (χ2v) is 14.9. The molecule has 11 rings (SSSR count). The Kier molecular flexibility index (Phi) is 6.78. The van der Waals surface area contributed by atoms with Crippen LogP contribution < -0.4 is 0 Å². The molecule has 2 N–H and O–H groups in total. The first-order chi connectivity index (χ1) is 27.5. The van der Waals surface area contributed by atoms with Crippen molar-refractivity contribution in [3.8, 4) is 27.9 Å². The minimum absolute atomic E-state index is 0.407. The maximum Gasteiger partial charge on any atom is 0.0624 e. The van der Waals surface area contributed by atoms with E-state index in [4.69, 9.17) is 0 Å². The van der Waals surface area contributed by atoms with Gasteiger partial charge in [0, 0.05) is 38.7 Å². The van der Waals surface area contributed by atoms with Crippen LogP contribution in [-0.2, 0) is 0 Å². The second-order valence-electron chi connectivity index (χ2n) is 14.9. The average molecular weight is 714 g/mol. The van der Waals surface area contributed by atoms with Gasteiger partial charge in [0.2, 0.25) is 0 Å². The van der Waals surface area contributed by atoms with Crippen molar-refractivity contribution in [3.05, 3.63) is 188 Å². The lowest BCUT2D eigenvalue weighted by atomic mass is 9.83. The molecule has 0 amide bonds. The third-order valence-electron chi connectivity index (χ3n) is 11.9. The van der Waals surface area contributed by atoms with Crippen LogP contribution in [0.5, 0.6) is 0 Å². The number of hydrogen-bond acceptors (Lipinski definition) is 2. The number of nitrogens with one attached hydrogen (secondary N) is 2. The third kappa shape index (κ3) is 4.28. The molecule has 3 nitrogen and oxygen atoms in total. The topological polar surface area (TPSA) is 52.6 Å². The third-order valence-corrected chi connectivity index (χ3v) is 11.9. The molecule has 56 heavy (non-hydrogen) atoms. The molecule has 3 heteroatoms. The van der Waals surface area contributed by atoms with E-state index in [0.717, 1.165) is 66.0 Å². The van der Waals surface area contributed by atoms with Crippen molar-refractivity contribution in [3.63, 3.8) is 0 Å². The Morgan fingerprint density at radius 3 is 1.82 bits per heavy atom. The molecule has 1 heterocycles. The van der Waals surface area contributed by atoms with Crippen molar-refractivity contribution >= 4 is 87.1 Å². The van der Waals surface area contributed by atoms with E-state index >= 15 is 0 Å². The molecule has 9 aromatic carbocycles. The van der Waals surface area contributed by atoms with Gasteiger partial charge in [-0.3, -0.25) is 0 Å². The van der Waals surface area contributed by atoms with Gasteiger partial charge in [-0.1, -0.05) is 116 Å². The van der Waals surface area contributed by atoms with Crippen molar-refractivity contribution in [2.75, 3.05) is 0 Å². The lowest BCUT2D eigenvalue weighted by Gasteiger charge is -2.20. The lowest BCUT2D eigenvalue weighted by Crippen LogP contribution is -2.07. The smallest absolute Gasteiger partial charge is 0.0624 e. The van der Waals surface area contributed by atoms with Crippen molar-refractivity contribution in [2.24, 2.45) is 0 Å². The predicted molar refractivity (Wildman–Crippen MR) is 241 cm³/mol. The van der Waals surface area contributed by atoms with Gasteiger partial charge in [0.15, 0.2) is 0 Å². The highest BCUT2D eigenvalue weighted by molar-refractivity contribution is 6.38. The molecule has 1 aliphatic carbocycles. The molecule has 0 radical (unpaired) electrons. The van der Waals surface area contributed by atoms with E-state index in [9.17, 15) is 10.8 Å². The van der Waals surface area contributed by atoms with Crippen molar-refractivity contribution in [1.82, 2.24) is 4.57 Å². The van der Waals surface area contributed by atoms with Crippen LogP contribution in [0.1, 0.15) is 16.7 Å². The van der Waals surface area contributed by atoms with E-state index < -0.39 is 0 Å². The number of benzene rings is 9. The monoisotopic (exact) mass is 713 g/mol. The summed E-state index contributed by atoms with van der Waals surface area (Å²) in [5, 5.41) is 33.1. The van der Waals surface area contributed by atoms with E-state index in [1.54, 1.807) is 12.2 Å². The van der Waals surface area contributed by atoms with E-state index in [-0.39, 0.29) is 0 Å². The lowest BCUT2D eigenvalue weighted by molar-refractivity contribution is 1.19. The summed E-state index contributed by atoms with van der Waals surface area (Å²) in [6.45, 7) is 10.0. The van der Waals surface area contributed by atoms with Gasteiger partial charge in [0.05, 0.1) is 22.5 Å². The van der Waals surface area contributed by atoms with Crippen molar-refractivity contribution in [1.29, 1.82) is 10.8 Å². The van der Waals surface area contributed by atoms with Gasteiger partial charge >= 0.3 is 0 Å². The van der Waals surface area contributed by atoms with Crippen LogP contribution in [0.3, 0.4) is 0 Å². The number of hydrogen-bond donors (Lipinski definition) is 2. The Hall–Kier alpha value is -7.36. The van der Waals surface area contributed by atoms with Crippen LogP contribution in [-0.4, -0.2) is 16.0 Å². The zero-order valence-electron chi connectivity index (χ0n) is 30.9. The molecule has 0 saturated carbocycles. The van der Waals surface area contributed by atoms with Gasteiger partial charge in [-0.05, 0) is 132 Å². The zero-order chi connectivity index (χ0) is 37.8. The molecule has 1 aromatic heterocycles. The molecule has 0 aliphatic heterocycles. The fourth-order valence-corrected chi connectivity index (χ4v) is 9.70. The summed E-state index contributed by atoms with van der Waals surface area (Å²) in [6.07, 6.45) is 10.8. The fraction of sp³-hybridized carbons (Fsp3) is 0.0189. The Morgan fingerprint density at radius 2 is 1.11 bits per heavy atom. The summed E-state index contributed by atoms with van der Waals surface area (Å²) in [4.78, 5) is 0. The van der Waals surface area contributed by atoms with Gasteiger partial charge in [-0.15, -0.1) is 0 Å². The molecule has 0 saturated heterocycles. The van der Waals surface area contributed by atoms with Gasteiger partial charge < -0.3 is 15.4 Å². The van der Waals surface area contributed by atoms with Gasteiger partial charge in [0.1, 0.15) is 0 Å². The normalized spacial score (nSPS) is 12.5. The van der Waals surface area contributed by atoms with Crippen LogP contribution >= 0.6 is 0 Å². The van der Waals surface area contributed by atoms with Crippen molar-refractivity contribution in [2.45, 2.75) is 6.92 Å². The first kappa shape index (κ1) is 32.1. The zero-order valence-corrected chi connectivity index (χ0v) is 30.9. The molecule has 10 aromatic rings. The molecule has 0 fully saturated rings. The largest absolute Gasteiger partial charge is 0.309 e. The summed E-state index contributed by atoms with van der Waals surface area (Å²) >= 11 is 0. The summed E-state index contributed by atoms with van der Waals surface area (Å²) in [5.74, 6) is 0. The second kappa shape index (κ2) is 11.8. The maximum atomic E-state index is 9.70. The predicted octanol–water partition coefficient (Wildman–Crippen LogP) is 14.2. The molecular formula is C53H35N3. The van der Waals surface area contributed by atoms with Crippen LogP contribution in [0, 0.1) is 17.7 Å². The molecule has 1 aliphatic rings. The van der Waals surface area contributed by atoms with Gasteiger partial charge in [-0.25, -0.2) is 0 Å². The number of allylic oxidation sites excluding steroid dienone is 6. The van der Waals surface area contributed by atoms with Crippen LogP contribution in [0.2, 0.25) is 0 Å². The Morgan fingerprint density at radius 1 is 0.500 bits per heavy atom. The Bertz CT molecular complexity index is 3490. The molecule has 0 unspecified atom stereocenters. The summed E-state index contributed by atoms with van der Waals surface area (Å²) in [6, 6.07) is 44.1. The van der Waals surface area contributed by atoms with Crippen LogP contribution in [0.25, 0.3) is 104 Å². The molecule has 0 atom stereocenters. The SMILES string of the molecule is C=C/C=C\C(=N)c1c2c(c(C(=N)/C=C\C=C)c3cc4ccccc4cc13)-c1cc3cc(-n4c5ccccc5c5c(C)cccc54)cc4ccc5ccc-2c1c5c43. The van der Waals surface area contributed by atoms with Crippen LogP contribution in [0.4, 0.5) is 0 Å². The minimum Gasteiger partial charge on any atom is -0.309 e. The fourth-order valence-electron chi connectivity index (χ4n) is 9.70. The highest BCUT2D eigenvalue weighted by atomic mass is 15.0. The molecular weight excluding hydrogens is 679 g/mol. The summed E-state index contributed by atoms with van der Waals surface area (Å²) in [7, 11) is 0. The van der Waals surface area contributed by atoms with Gasteiger partial charge in [0.25, 0.3) is 0 Å². The van der Waals surface area contributed by atoms with E-state index in [2.05, 4.69) is 146 Å². The molecule has 262 valence electrons. The molecule has 0 spiro atoms. The Balaban J connectivity index is 1.32. The quantitative estimate of drug-likeness (QED) is 0.0715.